The first kappa shape index (κ1) is 69.4. The maximum atomic E-state index is 10.2. The van der Waals surface area contributed by atoms with Gasteiger partial charge in [0.1, 0.15) is 0 Å². The molecule has 0 bridgehead atoms. The summed E-state index contributed by atoms with van der Waals surface area (Å²) in [6.07, 6.45) is 48.3. The Hall–Kier alpha value is -1.18. The Morgan fingerprint density at radius 1 is 0.281 bits per heavy atom. The van der Waals surface area contributed by atoms with E-state index in [1.807, 2.05) is 0 Å². The summed E-state index contributed by atoms with van der Waals surface area (Å²) in [7, 11) is 0. The van der Waals surface area contributed by atoms with E-state index in [1.165, 1.54) is 135 Å². The molecule has 0 aromatic carbocycles. The number of carboxylic acid groups (broad SMARTS) is 3. The third kappa shape index (κ3) is 69.9. The van der Waals surface area contributed by atoms with E-state index in [1.54, 1.807) is 0 Å². The normalized spacial score (nSPS) is 12.3. The maximum Gasteiger partial charge on any atom is 3.00 e. The number of carbonyl (C=O) groups excluding carboxylic acids is 3. The van der Waals surface area contributed by atoms with Crippen LogP contribution >= 0.6 is 0 Å². The Balaban J connectivity index is -0.000000419. The molecule has 3 N–H and O–H groups in total. The summed E-state index contributed by atoms with van der Waals surface area (Å²) >= 11 is 0. The number of aliphatic hydroxyl groups is 3. The summed E-state index contributed by atoms with van der Waals surface area (Å²) in [4.78, 5) is 30.7. The zero-order chi connectivity index (χ0) is 47.3. The van der Waals surface area contributed by atoms with E-state index in [-0.39, 0.29) is 54.9 Å². The minimum atomic E-state index is -0.921. The molecule has 0 aliphatic rings. The van der Waals surface area contributed by atoms with Crippen LogP contribution in [0, 0.1) is 0 Å². The Morgan fingerprint density at radius 3 is 0.578 bits per heavy atom. The van der Waals surface area contributed by atoms with Gasteiger partial charge in [0.15, 0.2) is 0 Å². The number of carboxylic acids is 3. The predicted molar refractivity (Wildman–Crippen MR) is 264 cm³/mol. The van der Waals surface area contributed by atoms with Gasteiger partial charge in [-0.05, 0) is 77.0 Å². The number of aliphatic hydroxyl groups excluding tert-OH is 3. The molecule has 0 heterocycles. The number of hydrogen-bond acceptors (Lipinski definition) is 9. The Labute approximate surface area is 406 Å². The van der Waals surface area contributed by atoms with Crippen LogP contribution in [0.1, 0.15) is 310 Å². The van der Waals surface area contributed by atoms with Gasteiger partial charge < -0.3 is 45.0 Å². The zero-order valence-electron chi connectivity index (χ0n) is 42.4. The molecular weight excluding hydrogens is 820 g/mol. The van der Waals surface area contributed by atoms with Gasteiger partial charge in [0.25, 0.3) is 0 Å². The Morgan fingerprint density at radius 2 is 0.422 bits per heavy atom. The van der Waals surface area contributed by atoms with Gasteiger partial charge in [-0.15, -0.1) is 0 Å². The minimum Gasteiger partial charge on any atom is -0.550 e. The summed E-state index contributed by atoms with van der Waals surface area (Å²) in [6, 6.07) is 0. The van der Waals surface area contributed by atoms with Gasteiger partial charge >= 0.3 is 17.4 Å². The summed E-state index contributed by atoms with van der Waals surface area (Å²) < 4.78 is 0. The van der Waals surface area contributed by atoms with E-state index < -0.39 is 17.9 Å². The molecule has 0 rings (SSSR count). The van der Waals surface area contributed by atoms with E-state index in [4.69, 9.17) is 0 Å². The molecule has 3 atom stereocenters. The number of hydrogen-bond donors (Lipinski definition) is 3. The van der Waals surface area contributed by atoms with Crippen molar-refractivity contribution in [2.45, 2.75) is 328 Å². The van der Waals surface area contributed by atoms with Crippen LogP contribution in [0.15, 0.2) is 0 Å². The maximum absolute atomic E-state index is 10.2. The molecule has 0 aromatic rings. The third-order valence-electron chi connectivity index (χ3n) is 12.2. The van der Waals surface area contributed by atoms with Gasteiger partial charge in [0.2, 0.25) is 0 Å². The molecule has 0 saturated carbocycles. The molecule has 3 unspecified atom stereocenters. The van der Waals surface area contributed by atoms with Crippen molar-refractivity contribution in [3.63, 3.8) is 0 Å². The van der Waals surface area contributed by atoms with Crippen molar-refractivity contribution in [1.82, 2.24) is 0 Å². The molecule has 10 heteroatoms. The monoisotopic (exact) mass is 925 g/mol. The molecule has 0 saturated heterocycles. The van der Waals surface area contributed by atoms with E-state index in [2.05, 4.69) is 20.8 Å². The molecule has 64 heavy (non-hydrogen) atoms. The van der Waals surface area contributed by atoms with Gasteiger partial charge in [0.05, 0.1) is 18.3 Å². The summed E-state index contributed by atoms with van der Waals surface area (Å²) in [5.41, 5.74) is 0. The van der Waals surface area contributed by atoms with Crippen molar-refractivity contribution in [3.05, 3.63) is 0 Å². The van der Waals surface area contributed by atoms with Crippen LogP contribution in [-0.4, -0.2) is 68.9 Å². The van der Waals surface area contributed by atoms with Crippen molar-refractivity contribution in [2.75, 3.05) is 0 Å². The number of rotatable bonds is 48. The van der Waals surface area contributed by atoms with Crippen molar-refractivity contribution < 1.29 is 45.0 Å². The average Bonchev–Trinajstić information content (AvgIpc) is 3.25. The molecule has 0 aliphatic heterocycles. The van der Waals surface area contributed by atoms with Crippen molar-refractivity contribution in [2.24, 2.45) is 0 Å². The number of aliphatic carboxylic acids is 3. The van der Waals surface area contributed by atoms with Gasteiger partial charge in [-0.3, -0.25) is 0 Å². The van der Waals surface area contributed by atoms with Gasteiger partial charge in [-0.1, -0.05) is 233 Å². The second kappa shape index (κ2) is 59.8. The number of unbranched alkanes of at least 4 members (excludes halogenated alkanes) is 30. The van der Waals surface area contributed by atoms with Crippen LogP contribution in [0.25, 0.3) is 0 Å². The van der Waals surface area contributed by atoms with Crippen LogP contribution in [0.4, 0.5) is 0 Å². The molecule has 0 radical (unpaired) electrons. The topological polar surface area (TPSA) is 181 Å². The SMILES string of the molecule is CCCCC(O)CCCCCCCCCCCCC(=O)[O-].CCCCC(O)CCCCCCCCCCCCC(=O)[O-].CCCCC(O)CCCCCCCCCCCCC(=O)[O-].[Al+3]. The summed E-state index contributed by atoms with van der Waals surface area (Å²) in [6.45, 7) is 6.49. The minimum absolute atomic E-state index is 0. The van der Waals surface area contributed by atoms with E-state index in [0.29, 0.717) is 0 Å². The van der Waals surface area contributed by atoms with Gasteiger partial charge in [-0.25, -0.2) is 0 Å². The fourth-order valence-corrected chi connectivity index (χ4v) is 7.94. The molecule has 0 aliphatic carbocycles. The van der Waals surface area contributed by atoms with E-state index in [0.717, 1.165) is 135 Å². The fourth-order valence-electron chi connectivity index (χ4n) is 7.94. The molecule has 0 fully saturated rings. The number of carbonyl (C=O) groups is 3. The van der Waals surface area contributed by atoms with Crippen LogP contribution in [0.3, 0.4) is 0 Å². The van der Waals surface area contributed by atoms with Gasteiger partial charge in [0, 0.05) is 17.9 Å². The summed E-state index contributed by atoms with van der Waals surface area (Å²) in [5, 5.41) is 59.8. The summed E-state index contributed by atoms with van der Waals surface area (Å²) in [5.74, 6) is -2.76. The first-order valence-corrected chi connectivity index (χ1v) is 27.1. The average molecular weight is 925 g/mol. The Kier molecular flexibility index (Phi) is 64.9. The largest absolute Gasteiger partial charge is 3.00 e. The van der Waals surface area contributed by atoms with E-state index in [9.17, 15) is 45.0 Å². The van der Waals surface area contributed by atoms with Crippen LogP contribution in [0.5, 0.6) is 0 Å². The van der Waals surface area contributed by atoms with E-state index >= 15 is 0 Å². The first-order valence-electron chi connectivity index (χ1n) is 27.1. The van der Waals surface area contributed by atoms with Crippen LogP contribution in [0.2, 0.25) is 0 Å². The molecule has 0 amide bonds. The molecule has 0 aromatic heterocycles. The second-order valence-electron chi connectivity index (χ2n) is 18.7. The molecule has 9 nitrogen and oxygen atoms in total. The predicted octanol–water partition coefficient (Wildman–Crippen LogP) is 11.5. The standard InChI is InChI=1S/3C18H36O3.Al/c3*1-2-3-14-17(19)15-12-10-8-6-4-5-7-9-11-13-16-18(20)21;/h3*17,19H,2-16H2,1H3,(H,20,21);/q;;;+3/p-3. The van der Waals surface area contributed by atoms with Crippen molar-refractivity contribution in [1.29, 1.82) is 0 Å². The quantitative estimate of drug-likeness (QED) is 0.0395. The van der Waals surface area contributed by atoms with Crippen LogP contribution < -0.4 is 15.3 Å². The Bertz CT molecular complexity index is 807. The molecule has 378 valence electrons. The smallest absolute Gasteiger partial charge is 0.550 e. The third-order valence-corrected chi connectivity index (χ3v) is 12.2. The van der Waals surface area contributed by atoms with Gasteiger partial charge in [-0.2, -0.15) is 0 Å². The van der Waals surface area contributed by atoms with Crippen molar-refractivity contribution >= 4 is 35.3 Å². The second-order valence-corrected chi connectivity index (χ2v) is 18.7. The fraction of sp³-hybridized carbons (Fsp3) is 0.944. The first-order chi connectivity index (χ1) is 30.5. The zero-order valence-corrected chi connectivity index (χ0v) is 43.6. The molecular formula is C54H105AlO9. The van der Waals surface area contributed by atoms with Crippen LogP contribution in [-0.2, 0) is 14.4 Å². The van der Waals surface area contributed by atoms with Crippen molar-refractivity contribution in [3.8, 4) is 0 Å². The molecule has 0 spiro atoms.